The molecule has 0 bridgehead atoms. The molecule has 0 aromatic heterocycles. The van der Waals surface area contributed by atoms with Gasteiger partial charge in [0.15, 0.2) is 9.84 Å². The first-order valence-corrected chi connectivity index (χ1v) is 7.70. The van der Waals surface area contributed by atoms with Gasteiger partial charge in [0.2, 0.25) is 0 Å². The van der Waals surface area contributed by atoms with E-state index in [1.165, 1.54) is 18.2 Å². The highest BCUT2D eigenvalue weighted by Crippen LogP contribution is 2.23. The molecule has 1 N–H and O–H groups in total. The molecule has 0 saturated heterocycles. The minimum Gasteiger partial charge on any atom is -0.350 e. The largest absolute Gasteiger partial charge is 0.350 e. The molecule has 0 aliphatic rings. The summed E-state index contributed by atoms with van der Waals surface area (Å²) in [5, 5.41) is 2.74. The van der Waals surface area contributed by atoms with E-state index in [0.717, 1.165) is 6.26 Å². The van der Waals surface area contributed by atoms with Crippen LogP contribution in [0, 0.1) is 0 Å². The molecule has 17 heavy (non-hydrogen) atoms. The van der Waals surface area contributed by atoms with Crippen LogP contribution in [-0.2, 0) is 9.84 Å². The van der Waals surface area contributed by atoms with Crippen molar-refractivity contribution in [2.24, 2.45) is 0 Å². The summed E-state index contributed by atoms with van der Waals surface area (Å²) in [5.74, 6) is -0.222. The third-order valence-corrected chi connectivity index (χ3v) is 4.09. The first-order chi connectivity index (χ1) is 7.71. The van der Waals surface area contributed by atoms with Crippen LogP contribution in [-0.4, -0.2) is 26.6 Å². The molecule has 0 spiro atoms. The standard InChI is InChI=1S/C11H14BrNO3S/c1-7(2)13-11(14)8-4-5-10(9(12)6-8)17(3,15)16/h4-7H,1-3H3,(H,13,14). The van der Waals surface area contributed by atoms with Crippen LogP contribution < -0.4 is 5.32 Å². The van der Waals surface area contributed by atoms with Crippen LogP contribution in [0.4, 0.5) is 0 Å². The summed E-state index contributed by atoms with van der Waals surface area (Å²) in [4.78, 5) is 11.9. The fraction of sp³-hybridized carbons (Fsp3) is 0.364. The van der Waals surface area contributed by atoms with Crippen LogP contribution in [0.3, 0.4) is 0 Å². The Morgan fingerprint density at radius 1 is 1.35 bits per heavy atom. The molecular weight excluding hydrogens is 306 g/mol. The zero-order valence-electron chi connectivity index (χ0n) is 9.82. The molecule has 4 nitrogen and oxygen atoms in total. The Kier molecular flexibility index (Phi) is 4.32. The van der Waals surface area contributed by atoms with Gasteiger partial charge in [-0.15, -0.1) is 0 Å². The van der Waals surface area contributed by atoms with E-state index in [1.807, 2.05) is 13.8 Å². The number of nitrogens with one attached hydrogen (secondary N) is 1. The van der Waals surface area contributed by atoms with Gasteiger partial charge in [-0.25, -0.2) is 8.42 Å². The van der Waals surface area contributed by atoms with Crippen molar-refractivity contribution in [1.29, 1.82) is 0 Å². The summed E-state index contributed by atoms with van der Waals surface area (Å²) in [6.45, 7) is 3.72. The third-order valence-electron chi connectivity index (χ3n) is 2.01. The van der Waals surface area contributed by atoms with Gasteiger partial charge in [-0.2, -0.15) is 0 Å². The lowest BCUT2D eigenvalue weighted by atomic mass is 10.2. The summed E-state index contributed by atoms with van der Waals surface area (Å²) in [5.41, 5.74) is 0.429. The maximum Gasteiger partial charge on any atom is 0.251 e. The van der Waals surface area contributed by atoms with Gasteiger partial charge in [0.25, 0.3) is 5.91 Å². The predicted octanol–water partition coefficient (Wildman–Crippen LogP) is 1.99. The van der Waals surface area contributed by atoms with E-state index < -0.39 is 9.84 Å². The second kappa shape index (κ2) is 5.18. The highest BCUT2D eigenvalue weighted by Gasteiger charge is 2.14. The van der Waals surface area contributed by atoms with E-state index in [9.17, 15) is 13.2 Å². The Morgan fingerprint density at radius 3 is 2.35 bits per heavy atom. The monoisotopic (exact) mass is 319 g/mol. The lowest BCUT2D eigenvalue weighted by Crippen LogP contribution is -2.30. The predicted molar refractivity (Wildman–Crippen MR) is 69.9 cm³/mol. The number of carbonyl (C=O) groups is 1. The Bertz CT molecular complexity index is 538. The Morgan fingerprint density at radius 2 is 1.94 bits per heavy atom. The first-order valence-electron chi connectivity index (χ1n) is 5.02. The highest BCUT2D eigenvalue weighted by atomic mass is 79.9. The van der Waals surface area contributed by atoms with E-state index >= 15 is 0 Å². The molecule has 0 unspecified atom stereocenters. The number of carbonyl (C=O) groups excluding carboxylic acids is 1. The van der Waals surface area contributed by atoms with E-state index in [2.05, 4.69) is 21.2 Å². The van der Waals surface area contributed by atoms with Crippen molar-refractivity contribution < 1.29 is 13.2 Å². The highest BCUT2D eigenvalue weighted by molar-refractivity contribution is 9.10. The second-order valence-electron chi connectivity index (χ2n) is 4.05. The summed E-state index contributed by atoms with van der Waals surface area (Å²) in [7, 11) is -3.28. The molecule has 0 fully saturated rings. The van der Waals surface area contributed by atoms with Crippen molar-refractivity contribution in [1.82, 2.24) is 5.32 Å². The van der Waals surface area contributed by atoms with Crippen LogP contribution in [0.25, 0.3) is 0 Å². The smallest absolute Gasteiger partial charge is 0.251 e. The fourth-order valence-electron chi connectivity index (χ4n) is 1.29. The van der Waals surface area contributed by atoms with E-state index in [0.29, 0.717) is 10.0 Å². The maximum absolute atomic E-state index is 11.7. The first kappa shape index (κ1) is 14.2. The number of hydrogen-bond acceptors (Lipinski definition) is 3. The number of hydrogen-bond donors (Lipinski definition) is 1. The topological polar surface area (TPSA) is 63.2 Å². The number of amides is 1. The van der Waals surface area contributed by atoms with Gasteiger partial charge in [-0.05, 0) is 48.0 Å². The molecule has 1 aromatic carbocycles. The van der Waals surface area contributed by atoms with Crippen molar-refractivity contribution in [2.75, 3.05) is 6.26 Å². The maximum atomic E-state index is 11.7. The number of rotatable bonds is 3. The number of sulfone groups is 1. The Hall–Kier alpha value is -0.880. The van der Waals surface area contributed by atoms with Crippen LogP contribution in [0.15, 0.2) is 27.6 Å². The lowest BCUT2D eigenvalue weighted by molar-refractivity contribution is 0.0943. The lowest BCUT2D eigenvalue weighted by Gasteiger charge is -2.09. The van der Waals surface area contributed by atoms with Crippen LogP contribution in [0.2, 0.25) is 0 Å². The van der Waals surface area contributed by atoms with Crippen LogP contribution in [0.1, 0.15) is 24.2 Å². The van der Waals surface area contributed by atoms with Crippen molar-refractivity contribution >= 4 is 31.7 Å². The van der Waals surface area contributed by atoms with Crippen LogP contribution >= 0.6 is 15.9 Å². The van der Waals surface area contributed by atoms with Gasteiger partial charge in [0.1, 0.15) is 0 Å². The van der Waals surface area contributed by atoms with Crippen molar-refractivity contribution in [3.05, 3.63) is 28.2 Å². The van der Waals surface area contributed by atoms with E-state index in [1.54, 1.807) is 0 Å². The molecule has 0 radical (unpaired) electrons. The number of halogens is 1. The summed E-state index contributed by atoms with van der Waals surface area (Å²) in [6.07, 6.45) is 1.13. The normalized spacial score (nSPS) is 11.6. The average molecular weight is 320 g/mol. The van der Waals surface area contributed by atoms with Gasteiger partial charge in [0.05, 0.1) is 4.90 Å². The molecule has 1 rings (SSSR count). The molecular formula is C11H14BrNO3S. The number of benzene rings is 1. The van der Waals surface area contributed by atoms with Crippen molar-refractivity contribution in [2.45, 2.75) is 24.8 Å². The SMILES string of the molecule is CC(C)NC(=O)c1ccc(S(C)(=O)=O)c(Br)c1. The van der Waals surface area contributed by atoms with Gasteiger partial charge in [-0.3, -0.25) is 4.79 Å². The molecule has 0 atom stereocenters. The summed E-state index contributed by atoms with van der Waals surface area (Å²) < 4.78 is 23.2. The average Bonchev–Trinajstić information content (AvgIpc) is 2.14. The van der Waals surface area contributed by atoms with Crippen LogP contribution in [0.5, 0.6) is 0 Å². The Balaban J connectivity index is 3.09. The zero-order chi connectivity index (χ0) is 13.2. The molecule has 0 aliphatic carbocycles. The van der Waals surface area contributed by atoms with Gasteiger partial charge >= 0.3 is 0 Å². The molecule has 6 heteroatoms. The van der Waals surface area contributed by atoms with E-state index in [4.69, 9.17) is 0 Å². The molecule has 94 valence electrons. The van der Waals surface area contributed by atoms with Crippen molar-refractivity contribution in [3.63, 3.8) is 0 Å². The molecule has 1 amide bonds. The quantitative estimate of drug-likeness (QED) is 0.926. The minimum absolute atomic E-state index is 0.0378. The minimum atomic E-state index is -3.28. The van der Waals surface area contributed by atoms with Crippen molar-refractivity contribution in [3.8, 4) is 0 Å². The molecule has 0 aliphatic heterocycles. The molecule has 0 heterocycles. The molecule has 1 aromatic rings. The second-order valence-corrected chi connectivity index (χ2v) is 6.88. The Labute approximate surface area is 109 Å². The van der Waals surface area contributed by atoms with Gasteiger partial charge in [-0.1, -0.05) is 0 Å². The zero-order valence-corrected chi connectivity index (χ0v) is 12.2. The summed E-state index contributed by atoms with van der Waals surface area (Å²) in [6, 6.07) is 4.47. The molecule has 0 saturated carbocycles. The third kappa shape index (κ3) is 3.81. The summed E-state index contributed by atoms with van der Waals surface area (Å²) >= 11 is 3.16. The van der Waals surface area contributed by atoms with Gasteiger partial charge in [0, 0.05) is 22.3 Å². The van der Waals surface area contributed by atoms with Gasteiger partial charge < -0.3 is 5.32 Å². The fourth-order valence-corrected chi connectivity index (χ4v) is 3.28. The van der Waals surface area contributed by atoms with E-state index in [-0.39, 0.29) is 16.8 Å².